The van der Waals surface area contributed by atoms with Crippen LogP contribution in [-0.4, -0.2) is 15.8 Å². The SMILES string of the molecule is NNC(=O)c1nc(COc2ccc(F)cc2[N+](=O)[O-])cs1. The lowest BCUT2D eigenvalue weighted by Gasteiger charge is -2.04. The number of hydrogen-bond donors (Lipinski definition) is 2. The topological polar surface area (TPSA) is 120 Å². The number of carbonyl (C=O) groups is 1. The van der Waals surface area contributed by atoms with Crippen LogP contribution in [0.25, 0.3) is 0 Å². The second kappa shape index (κ2) is 6.24. The number of nitro benzene ring substituents is 1. The summed E-state index contributed by atoms with van der Waals surface area (Å²) in [7, 11) is 0. The fraction of sp³-hybridized carbons (Fsp3) is 0.0909. The molecule has 21 heavy (non-hydrogen) atoms. The molecule has 1 heterocycles. The van der Waals surface area contributed by atoms with Gasteiger partial charge in [-0.1, -0.05) is 0 Å². The summed E-state index contributed by atoms with van der Waals surface area (Å²) >= 11 is 1.05. The van der Waals surface area contributed by atoms with Crippen molar-refractivity contribution in [2.45, 2.75) is 6.61 Å². The van der Waals surface area contributed by atoms with Crippen molar-refractivity contribution in [3.63, 3.8) is 0 Å². The molecule has 0 fully saturated rings. The number of nitrogens with one attached hydrogen (secondary N) is 1. The second-order valence-corrected chi connectivity index (χ2v) is 4.63. The smallest absolute Gasteiger partial charge is 0.313 e. The molecule has 0 unspecified atom stereocenters. The molecule has 1 aromatic heterocycles. The number of amides is 1. The summed E-state index contributed by atoms with van der Waals surface area (Å²) in [5.41, 5.74) is 1.85. The number of nitrogens with two attached hydrogens (primary N) is 1. The Morgan fingerprint density at radius 3 is 3.00 bits per heavy atom. The summed E-state index contributed by atoms with van der Waals surface area (Å²) in [6.07, 6.45) is 0. The van der Waals surface area contributed by atoms with Gasteiger partial charge >= 0.3 is 5.69 Å². The van der Waals surface area contributed by atoms with Crippen LogP contribution in [0.4, 0.5) is 10.1 Å². The van der Waals surface area contributed by atoms with E-state index in [0.717, 1.165) is 29.5 Å². The van der Waals surface area contributed by atoms with Crippen LogP contribution >= 0.6 is 11.3 Å². The number of nitro groups is 1. The average molecular weight is 312 g/mol. The van der Waals surface area contributed by atoms with E-state index in [2.05, 4.69) is 4.98 Å². The van der Waals surface area contributed by atoms with E-state index in [1.165, 1.54) is 0 Å². The minimum atomic E-state index is -0.743. The van der Waals surface area contributed by atoms with Crippen LogP contribution in [0.15, 0.2) is 23.6 Å². The van der Waals surface area contributed by atoms with E-state index in [-0.39, 0.29) is 17.4 Å². The number of nitrogen functional groups attached to an aromatic ring is 1. The predicted octanol–water partition coefficient (Wildman–Crippen LogP) is 1.37. The third-order valence-electron chi connectivity index (χ3n) is 2.37. The first kappa shape index (κ1) is 14.8. The fourth-order valence-corrected chi connectivity index (χ4v) is 2.15. The molecular formula is C11H9FN4O4S. The van der Waals surface area contributed by atoms with E-state index in [1.807, 2.05) is 5.43 Å². The number of rotatable bonds is 5. The Bertz CT molecular complexity index is 691. The van der Waals surface area contributed by atoms with Gasteiger partial charge in [0.05, 0.1) is 16.7 Å². The molecule has 2 rings (SSSR count). The quantitative estimate of drug-likeness (QED) is 0.372. The van der Waals surface area contributed by atoms with Crippen LogP contribution in [0.3, 0.4) is 0 Å². The summed E-state index contributed by atoms with van der Waals surface area (Å²) in [5, 5.41) is 12.5. The molecule has 0 aliphatic heterocycles. The van der Waals surface area contributed by atoms with Crippen molar-refractivity contribution in [2.75, 3.05) is 0 Å². The summed E-state index contributed by atoms with van der Waals surface area (Å²) in [5.74, 6) is 3.61. The number of thiazole rings is 1. The maximum absolute atomic E-state index is 13.0. The molecule has 8 nitrogen and oxygen atoms in total. The van der Waals surface area contributed by atoms with Gasteiger partial charge in [0.25, 0.3) is 5.91 Å². The summed E-state index contributed by atoms with van der Waals surface area (Å²) in [6, 6.07) is 2.98. The molecular weight excluding hydrogens is 303 g/mol. The monoisotopic (exact) mass is 312 g/mol. The molecule has 1 amide bonds. The summed E-state index contributed by atoms with van der Waals surface area (Å²) in [4.78, 5) is 25.2. The van der Waals surface area contributed by atoms with Crippen molar-refractivity contribution in [3.05, 3.63) is 50.2 Å². The van der Waals surface area contributed by atoms with Crippen LogP contribution in [0.2, 0.25) is 0 Å². The number of aromatic nitrogens is 1. The first-order chi connectivity index (χ1) is 10.0. The van der Waals surface area contributed by atoms with Gasteiger partial charge in [0, 0.05) is 5.38 Å². The van der Waals surface area contributed by atoms with Crippen molar-refractivity contribution >= 4 is 22.9 Å². The van der Waals surface area contributed by atoms with E-state index in [9.17, 15) is 19.3 Å². The number of carbonyl (C=O) groups excluding carboxylic acids is 1. The van der Waals surface area contributed by atoms with E-state index in [4.69, 9.17) is 10.6 Å². The Hall–Kier alpha value is -2.59. The number of benzene rings is 1. The van der Waals surface area contributed by atoms with Crippen molar-refractivity contribution in [1.29, 1.82) is 0 Å². The van der Waals surface area contributed by atoms with Crippen molar-refractivity contribution < 1.29 is 18.8 Å². The van der Waals surface area contributed by atoms with Gasteiger partial charge in [0.2, 0.25) is 0 Å². The van der Waals surface area contributed by atoms with Gasteiger partial charge in [-0.2, -0.15) is 0 Å². The molecule has 0 aliphatic carbocycles. The molecule has 0 radical (unpaired) electrons. The van der Waals surface area contributed by atoms with Gasteiger partial charge in [0.15, 0.2) is 10.8 Å². The number of hydrazine groups is 1. The molecule has 10 heteroatoms. The number of halogens is 1. The zero-order valence-corrected chi connectivity index (χ0v) is 11.2. The summed E-state index contributed by atoms with van der Waals surface area (Å²) in [6.45, 7) is -0.0964. The highest BCUT2D eigenvalue weighted by atomic mass is 32.1. The molecule has 0 spiro atoms. The molecule has 2 aromatic rings. The van der Waals surface area contributed by atoms with Crippen LogP contribution in [0.5, 0.6) is 5.75 Å². The van der Waals surface area contributed by atoms with Crippen LogP contribution in [0.1, 0.15) is 15.5 Å². The fourth-order valence-electron chi connectivity index (χ4n) is 1.45. The second-order valence-electron chi connectivity index (χ2n) is 3.78. The van der Waals surface area contributed by atoms with Gasteiger partial charge < -0.3 is 4.74 Å². The van der Waals surface area contributed by atoms with Gasteiger partial charge in [-0.3, -0.25) is 20.3 Å². The Kier molecular flexibility index (Phi) is 4.40. The summed E-state index contributed by atoms with van der Waals surface area (Å²) < 4.78 is 18.2. The molecule has 0 saturated heterocycles. The number of nitrogens with zero attached hydrogens (tertiary/aromatic N) is 2. The van der Waals surface area contributed by atoms with Gasteiger partial charge in [-0.15, -0.1) is 11.3 Å². The zero-order valence-electron chi connectivity index (χ0n) is 10.4. The van der Waals surface area contributed by atoms with E-state index in [1.54, 1.807) is 5.38 Å². The standard InChI is InChI=1S/C11H9FN4O4S/c12-6-1-2-9(8(3-6)16(18)19)20-4-7-5-21-11(14-7)10(17)15-13/h1-3,5H,4,13H2,(H,15,17). The number of hydrogen-bond acceptors (Lipinski definition) is 7. The Morgan fingerprint density at radius 1 is 1.57 bits per heavy atom. The minimum Gasteiger partial charge on any atom is -0.480 e. The highest BCUT2D eigenvalue weighted by Crippen LogP contribution is 2.28. The first-order valence-electron chi connectivity index (χ1n) is 5.53. The molecule has 0 saturated carbocycles. The minimum absolute atomic E-state index is 0.0840. The Balaban J connectivity index is 2.11. The van der Waals surface area contributed by atoms with E-state index >= 15 is 0 Å². The lowest BCUT2D eigenvalue weighted by atomic mass is 10.3. The van der Waals surface area contributed by atoms with Crippen LogP contribution in [0, 0.1) is 15.9 Å². The van der Waals surface area contributed by atoms with Gasteiger partial charge in [0.1, 0.15) is 12.4 Å². The van der Waals surface area contributed by atoms with E-state index < -0.39 is 22.3 Å². The molecule has 0 aliphatic rings. The molecule has 1 aromatic carbocycles. The van der Waals surface area contributed by atoms with Crippen molar-refractivity contribution in [3.8, 4) is 5.75 Å². The van der Waals surface area contributed by atoms with Gasteiger partial charge in [-0.05, 0) is 12.1 Å². The Labute approximate surface area is 121 Å². The average Bonchev–Trinajstić information content (AvgIpc) is 2.93. The molecule has 3 N–H and O–H groups in total. The normalized spacial score (nSPS) is 10.2. The largest absolute Gasteiger partial charge is 0.480 e. The molecule has 0 bridgehead atoms. The molecule has 110 valence electrons. The first-order valence-corrected chi connectivity index (χ1v) is 6.41. The third-order valence-corrected chi connectivity index (χ3v) is 3.26. The Morgan fingerprint density at radius 2 is 2.33 bits per heavy atom. The van der Waals surface area contributed by atoms with Crippen LogP contribution in [-0.2, 0) is 6.61 Å². The predicted molar refractivity (Wildman–Crippen MR) is 71.2 cm³/mol. The van der Waals surface area contributed by atoms with Crippen molar-refractivity contribution in [1.82, 2.24) is 10.4 Å². The maximum atomic E-state index is 13.0. The lowest BCUT2D eigenvalue weighted by Crippen LogP contribution is -2.29. The van der Waals surface area contributed by atoms with Gasteiger partial charge in [-0.25, -0.2) is 15.2 Å². The zero-order chi connectivity index (χ0) is 15.4. The highest BCUT2D eigenvalue weighted by molar-refractivity contribution is 7.11. The third kappa shape index (κ3) is 3.49. The highest BCUT2D eigenvalue weighted by Gasteiger charge is 2.17. The van der Waals surface area contributed by atoms with E-state index in [0.29, 0.717) is 5.69 Å². The van der Waals surface area contributed by atoms with Crippen LogP contribution < -0.4 is 16.0 Å². The number of ether oxygens (including phenoxy) is 1. The molecule has 0 atom stereocenters. The van der Waals surface area contributed by atoms with Crippen molar-refractivity contribution in [2.24, 2.45) is 5.84 Å². The maximum Gasteiger partial charge on any atom is 0.313 e. The lowest BCUT2D eigenvalue weighted by molar-refractivity contribution is -0.386.